The number of carbonyl (C=O) groups is 2. The normalized spacial score (nSPS) is 17.3. The van der Waals surface area contributed by atoms with Gasteiger partial charge in [0.05, 0.1) is 13.1 Å². The predicted octanol–water partition coefficient (Wildman–Crippen LogP) is 1.23. The molecule has 0 spiro atoms. The van der Waals surface area contributed by atoms with Gasteiger partial charge in [-0.1, -0.05) is 23.7 Å². The Hall–Kier alpha value is -1.39. The lowest BCUT2D eigenvalue weighted by molar-refractivity contribution is -0.167. The number of nitrogens with zero attached hydrogens (tertiary/aromatic N) is 1. The van der Waals surface area contributed by atoms with Gasteiger partial charge in [-0.15, -0.1) is 0 Å². The highest BCUT2D eigenvalue weighted by atomic mass is 35.5. The van der Waals surface area contributed by atoms with Crippen molar-refractivity contribution in [2.45, 2.75) is 6.54 Å². The maximum atomic E-state index is 11.0. The maximum Gasteiger partial charge on any atom is 0.327 e. The number of halogens is 1. The summed E-state index contributed by atoms with van der Waals surface area (Å²) in [6.45, 7) is 0.790. The first kappa shape index (κ1) is 11.1. The van der Waals surface area contributed by atoms with Gasteiger partial charge in [0.2, 0.25) is 0 Å². The lowest BCUT2D eigenvalue weighted by atomic mass is 10.2. The Bertz CT molecular complexity index is 417. The average molecular weight is 240 g/mol. The van der Waals surface area contributed by atoms with Gasteiger partial charge in [-0.05, 0) is 17.7 Å². The van der Waals surface area contributed by atoms with Crippen LogP contribution in [0.3, 0.4) is 0 Å². The van der Waals surface area contributed by atoms with Gasteiger partial charge in [-0.3, -0.25) is 14.5 Å². The Morgan fingerprint density at radius 2 is 1.94 bits per heavy atom. The number of ether oxygens (including phenoxy) is 1. The molecule has 1 aromatic carbocycles. The fourth-order valence-corrected chi connectivity index (χ4v) is 1.83. The summed E-state index contributed by atoms with van der Waals surface area (Å²) in [6, 6.07) is 7.32. The number of morpholine rings is 1. The van der Waals surface area contributed by atoms with Crippen LogP contribution in [-0.4, -0.2) is 29.9 Å². The van der Waals surface area contributed by atoms with Gasteiger partial charge in [0.1, 0.15) is 0 Å². The zero-order chi connectivity index (χ0) is 11.5. The van der Waals surface area contributed by atoms with Crippen LogP contribution in [-0.2, 0) is 20.9 Å². The summed E-state index contributed by atoms with van der Waals surface area (Å²) >= 11 is 5.84. The number of carbonyl (C=O) groups excluding carboxylic acids is 2. The summed E-state index contributed by atoms with van der Waals surface area (Å²) in [4.78, 5) is 23.8. The Morgan fingerprint density at radius 3 is 2.56 bits per heavy atom. The summed E-state index contributed by atoms with van der Waals surface area (Å²) in [7, 11) is 0. The first-order valence-corrected chi connectivity index (χ1v) is 5.21. The molecule has 0 radical (unpaired) electrons. The summed E-state index contributed by atoms with van der Waals surface area (Å²) < 4.78 is 4.43. The molecule has 0 unspecified atom stereocenters. The molecule has 0 saturated carbocycles. The molecule has 0 bridgehead atoms. The van der Waals surface area contributed by atoms with E-state index in [1.54, 1.807) is 11.0 Å². The van der Waals surface area contributed by atoms with E-state index in [-0.39, 0.29) is 13.1 Å². The minimum absolute atomic E-state index is 0.137. The van der Waals surface area contributed by atoms with Crippen LogP contribution in [0.25, 0.3) is 0 Å². The second-order valence-corrected chi connectivity index (χ2v) is 4.06. The van der Waals surface area contributed by atoms with Crippen LogP contribution in [0.5, 0.6) is 0 Å². The molecule has 84 valence electrons. The van der Waals surface area contributed by atoms with Crippen LogP contribution in [0.4, 0.5) is 0 Å². The summed E-state index contributed by atoms with van der Waals surface area (Å²) in [5.74, 6) is -1.00. The standard InChI is InChI=1S/C11H10ClNO3/c12-9-3-1-2-8(4-9)5-13-6-10(14)16-11(15)7-13/h1-4H,5-7H2. The molecule has 1 heterocycles. The highest BCUT2D eigenvalue weighted by Crippen LogP contribution is 2.13. The Morgan fingerprint density at radius 1 is 1.25 bits per heavy atom. The first-order chi connectivity index (χ1) is 7.63. The van der Waals surface area contributed by atoms with Gasteiger partial charge in [0.15, 0.2) is 0 Å². The number of cyclic esters (lactones) is 2. The van der Waals surface area contributed by atoms with Crippen LogP contribution in [0.15, 0.2) is 24.3 Å². The van der Waals surface area contributed by atoms with E-state index in [0.29, 0.717) is 11.6 Å². The van der Waals surface area contributed by atoms with Crippen molar-refractivity contribution in [3.63, 3.8) is 0 Å². The van der Waals surface area contributed by atoms with Crippen LogP contribution >= 0.6 is 11.6 Å². The number of hydrogen-bond donors (Lipinski definition) is 0. The fourth-order valence-electron chi connectivity index (χ4n) is 1.62. The molecule has 1 aliphatic rings. The molecular weight excluding hydrogens is 230 g/mol. The summed E-state index contributed by atoms with van der Waals surface area (Å²) in [5.41, 5.74) is 0.968. The average Bonchev–Trinajstić information content (AvgIpc) is 2.15. The molecule has 0 atom stereocenters. The van der Waals surface area contributed by atoms with E-state index in [2.05, 4.69) is 4.74 Å². The van der Waals surface area contributed by atoms with E-state index in [4.69, 9.17) is 11.6 Å². The second-order valence-electron chi connectivity index (χ2n) is 3.62. The van der Waals surface area contributed by atoms with Crippen LogP contribution < -0.4 is 0 Å². The third-order valence-corrected chi connectivity index (χ3v) is 2.46. The van der Waals surface area contributed by atoms with Crippen molar-refractivity contribution >= 4 is 23.5 Å². The van der Waals surface area contributed by atoms with E-state index in [9.17, 15) is 9.59 Å². The van der Waals surface area contributed by atoms with Gasteiger partial charge in [-0.2, -0.15) is 0 Å². The van der Waals surface area contributed by atoms with Gasteiger partial charge < -0.3 is 4.74 Å². The lowest BCUT2D eigenvalue weighted by Crippen LogP contribution is -2.42. The van der Waals surface area contributed by atoms with Crippen molar-refractivity contribution in [2.24, 2.45) is 0 Å². The third-order valence-electron chi connectivity index (χ3n) is 2.23. The molecule has 0 amide bonds. The van der Waals surface area contributed by atoms with Gasteiger partial charge >= 0.3 is 11.9 Å². The van der Waals surface area contributed by atoms with Crippen LogP contribution in [0.2, 0.25) is 5.02 Å². The Kier molecular flexibility index (Phi) is 3.22. The molecule has 4 nitrogen and oxygen atoms in total. The van der Waals surface area contributed by atoms with E-state index in [0.717, 1.165) is 5.56 Å². The molecule has 16 heavy (non-hydrogen) atoms. The highest BCUT2D eigenvalue weighted by Gasteiger charge is 2.24. The number of benzene rings is 1. The van der Waals surface area contributed by atoms with Gasteiger partial charge in [0.25, 0.3) is 0 Å². The van der Waals surface area contributed by atoms with E-state index in [1.165, 1.54) is 0 Å². The van der Waals surface area contributed by atoms with Crippen molar-refractivity contribution in [3.8, 4) is 0 Å². The summed E-state index contributed by atoms with van der Waals surface area (Å²) in [6.07, 6.45) is 0. The quantitative estimate of drug-likeness (QED) is 0.575. The zero-order valence-electron chi connectivity index (χ0n) is 8.48. The zero-order valence-corrected chi connectivity index (χ0v) is 9.24. The molecule has 0 N–H and O–H groups in total. The van der Waals surface area contributed by atoms with Crippen molar-refractivity contribution in [3.05, 3.63) is 34.9 Å². The fraction of sp³-hybridized carbons (Fsp3) is 0.273. The van der Waals surface area contributed by atoms with Crippen molar-refractivity contribution in [1.82, 2.24) is 4.90 Å². The number of esters is 2. The molecular formula is C11H10ClNO3. The Labute approximate surface area is 97.7 Å². The molecule has 1 aromatic rings. The van der Waals surface area contributed by atoms with Crippen molar-refractivity contribution < 1.29 is 14.3 Å². The largest absolute Gasteiger partial charge is 0.391 e. The molecule has 5 heteroatoms. The van der Waals surface area contributed by atoms with E-state index in [1.807, 2.05) is 18.2 Å². The van der Waals surface area contributed by atoms with Crippen molar-refractivity contribution in [2.75, 3.05) is 13.1 Å². The van der Waals surface area contributed by atoms with Crippen LogP contribution in [0, 0.1) is 0 Å². The molecule has 0 aliphatic carbocycles. The second kappa shape index (κ2) is 4.63. The molecule has 1 aliphatic heterocycles. The molecule has 1 saturated heterocycles. The highest BCUT2D eigenvalue weighted by molar-refractivity contribution is 6.30. The maximum absolute atomic E-state index is 11.0. The molecule has 2 rings (SSSR count). The topological polar surface area (TPSA) is 46.6 Å². The molecule has 0 aromatic heterocycles. The van der Waals surface area contributed by atoms with E-state index >= 15 is 0 Å². The number of hydrogen-bond acceptors (Lipinski definition) is 4. The third kappa shape index (κ3) is 2.81. The summed E-state index contributed by atoms with van der Waals surface area (Å²) in [5, 5.41) is 0.642. The number of rotatable bonds is 2. The monoisotopic (exact) mass is 239 g/mol. The molecule has 1 fully saturated rings. The Balaban J connectivity index is 2.04. The first-order valence-electron chi connectivity index (χ1n) is 4.84. The van der Waals surface area contributed by atoms with Crippen LogP contribution in [0.1, 0.15) is 5.56 Å². The van der Waals surface area contributed by atoms with Crippen molar-refractivity contribution in [1.29, 1.82) is 0 Å². The smallest absolute Gasteiger partial charge is 0.327 e. The van der Waals surface area contributed by atoms with E-state index < -0.39 is 11.9 Å². The lowest BCUT2D eigenvalue weighted by Gasteiger charge is -2.23. The SMILES string of the molecule is O=C1CN(Cc2cccc(Cl)c2)CC(=O)O1. The predicted molar refractivity (Wildman–Crippen MR) is 57.8 cm³/mol. The van der Waals surface area contributed by atoms with Gasteiger partial charge in [-0.25, -0.2) is 0 Å². The van der Waals surface area contributed by atoms with Gasteiger partial charge in [0, 0.05) is 11.6 Å². The minimum atomic E-state index is -0.502. The minimum Gasteiger partial charge on any atom is -0.391 e.